The van der Waals surface area contributed by atoms with Crippen molar-refractivity contribution in [3.8, 4) is 0 Å². The van der Waals surface area contributed by atoms with Crippen LogP contribution >= 0.6 is 34.2 Å². The topological polar surface area (TPSA) is 85.1 Å². The van der Waals surface area contributed by atoms with Gasteiger partial charge in [0.2, 0.25) is 0 Å². The Hall–Kier alpha value is -1.06. The second-order valence-corrected chi connectivity index (χ2v) is 6.95. The first-order valence-corrected chi connectivity index (χ1v) is 8.01. The Morgan fingerprint density at radius 1 is 1.32 bits per heavy atom. The minimum absolute atomic E-state index is 0.0791. The van der Waals surface area contributed by atoms with Gasteiger partial charge in [-0.1, -0.05) is 11.6 Å². The predicted molar refractivity (Wildman–Crippen MR) is 83.6 cm³/mol. The van der Waals surface area contributed by atoms with E-state index in [9.17, 15) is 8.42 Å². The molecule has 0 bridgehead atoms. The van der Waals surface area contributed by atoms with E-state index in [4.69, 9.17) is 17.3 Å². The van der Waals surface area contributed by atoms with Crippen molar-refractivity contribution in [3.63, 3.8) is 0 Å². The molecular formula is C11H9ClIN3O2S. The van der Waals surface area contributed by atoms with Crippen molar-refractivity contribution in [1.82, 2.24) is 4.98 Å². The average molecular weight is 410 g/mol. The fourth-order valence-corrected chi connectivity index (χ4v) is 3.50. The molecule has 0 fully saturated rings. The summed E-state index contributed by atoms with van der Waals surface area (Å²) >= 11 is 8.07. The van der Waals surface area contributed by atoms with E-state index in [1.54, 1.807) is 18.2 Å². The molecule has 8 heteroatoms. The first kappa shape index (κ1) is 14.4. The van der Waals surface area contributed by atoms with Gasteiger partial charge < -0.3 is 5.73 Å². The third-order valence-corrected chi connectivity index (χ3v) is 4.67. The lowest BCUT2D eigenvalue weighted by molar-refractivity contribution is 0.601. The summed E-state index contributed by atoms with van der Waals surface area (Å²) in [5.41, 5.74) is 6.05. The first-order valence-electron chi connectivity index (χ1n) is 5.07. The van der Waals surface area contributed by atoms with Crippen molar-refractivity contribution in [3.05, 3.63) is 45.3 Å². The number of nitrogens with one attached hydrogen (secondary N) is 1. The highest BCUT2D eigenvalue weighted by Gasteiger charge is 2.18. The van der Waals surface area contributed by atoms with Gasteiger partial charge in [-0.15, -0.1) is 0 Å². The lowest BCUT2D eigenvalue weighted by Gasteiger charge is -2.11. The molecule has 0 saturated heterocycles. The molecule has 1 aromatic carbocycles. The molecule has 1 aromatic heterocycles. The minimum atomic E-state index is -3.80. The maximum Gasteiger partial charge on any atom is 0.265 e. The average Bonchev–Trinajstić information content (AvgIpc) is 2.33. The molecule has 0 unspecified atom stereocenters. The standard InChI is InChI=1S/C11H9ClIN3O2S/c12-8-5-7(13)1-2-10(8)16-19(17,18)11-6-15-4-3-9(11)14/h1-6,16H,(H2,14,15). The number of nitrogen functional groups attached to an aromatic ring is 1. The maximum absolute atomic E-state index is 12.2. The summed E-state index contributed by atoms with van der Waals surface area (Å²) in [5, 5.41) is 0.318. The van der Waals surface area contributed by atoms with E-state index in [1.165, 1.54) is 18.5 Å². The van der Waals surface area contributed by atoms with Crippen LogP contribution in [0.5, 0.6) is 0 Å². The van der Waals surface area contributed by atoms with E-state index in [2.05, 4.69) is 32.3 Å². The molecule has 0 atom stereocenters. The van der Waals surface area contributed by atoms with E-state index in [0.717, 1.165) is 3.57 Å². The highest BCUT2D eigenvalue weighted by molar-refractivity contribution is 14.1. The summed E-state index contributed by atoms with van der Waals surface area (Å²) < 4.78 is 27.6. The highest BCUT2D eigenvalue weighted by atomic mass is 127. The smallest absolute Gasteiger partial charge is 0.265 e. The van der Waals surface area contributed by atoms with Gasteiger partial charge in [0.1, 0.15) is 4.90 Å². The molecule has 3 N–H and O–H groups in total. The van der Waals surface area contributed by atoms with Gasteiger partial charge in [-0.2, -0.15) is 0 Å². The van der Waals surface area contributed by atoms with Crippen LogP contribution in [-0.2, 0) is 10.0 Å². The van der Waals surface area contributed by atoms with Gasteiger partial charge in [0.25, 0.3) is 10.0 Å². The van der Waals surface area contributed by atoms with Crippen LogP contribution in [0.2, 0.25) is 5.02 Å². The molecule has 0 saturated carbocycles. The largest absolute Gasteiger partial charge is 0.398 e. The monoisotopic (exact) mass is 409 g/mol. The lowest BCUT2D eigenvalue weighted by atomic mass is 10.3. The van der Waals surface area contributed by atoms with Gasteiger partial charge in [0.05, 0.1) is 16.4 Å². The number of aromatic nitrogens is 1. The zero-order valence-electron chi connectivity index (χ0n) is 9.47. The highest BCUT2D eigenvalue weighted by Crippen LogP contribution is 2.27. The summed E-state index contributed by atoms with van der Waals surface area (Å²) in [5.74, 6) is 0. The number of hydrogen-bond acceptors (Lipinski definition) is 4. The van der Waals surface area contributed by atoms with Crippen LogP contribution in [0.3, 0.4) is 0 Å². The van der Waals surface area contributed by atoms with Gasteiger partial charge in [-0.3, -0.25) is 9.71 Å². The van der Waals surface area contributed by atoms with Gasteiger partial charge in [-0.25, -0.2) is 8.42 Å². The molecule has 19 heavy (non-hydrogen) atoms. The molecule has 0 amide bonds. The van der Waals surface area contributed by atoms with Crippen molar-refractivity contribution in [2.45, 2.75) is 4.90 Å². The fraction of sp³-hybridized carbons (Fsp3) is 0. The third kappa shape index (κ3) is 3.28. The Morgan fingerprint density at radius 2 is 2.05 bits per heavy atom. The number of nitrogens with two attached hydrogens (primary N) is 1. The minimum Gasteiger partial charge on any atom is -0.398 e. The van der Waals surface area contributed by atoms with Gasteiger partial charge in [-0.05, 0) is 46.9 Å². The normalized spacial score (nSPS) is 11.3. The molecule has 100 valence electrons. The van der Waals surface area contributed by atoms with Crippen LogP contribution in [0.15, 0.2) is 41.6 Å². The Kier molecular flexibility index (Phi) is 4.16. The molecule has 0 aliphatic carbocycles. The maximum atomic E-state index is 12.2. The Balaban J connectivity index is 2.40. The van der Waals surface area contributed by atoms with Crippen LogP contribution in [0.25, 0.3) is 0 Å². The molecule has 0 spiro atoms. The number of sulfonamides is 1. The van der Waals surface area contributed by atoms with Crippen LogP contribution < -0.4 is 10.5 Å². The Bertz CT molecular complexity index is 722. The molecule has 5 nitrogen and oxygen atoms in total. The number of benzene rings is 1. The summed E-state index contributed by atoms with van der Waals surface area (Å²) in [6.07, 6.45) is 2.62. The molecular weight excluding hydrogens is 401 g/mol. The SMILES string of the molecule is Nc1ccncc1S(=O)(=O)Nc1ccc(I)cc1Cl. The second-order valence-electron chi connectivity index (χ2n) is 3.64. The quantitative estimate of drug-likeness (QED) is 0.763. The van der Waals surface area contributed by atoms with E-state index in [-0.39, 0.29) is 10.6 Å². The van der Waals surface area contributed by atoms with E-state index < -0.39 is 10.0 Å². The Labute approximate surface area is 129 Å². The summed E-state index contributed by atoms with van der Waals surface area (Å²) in [6, 6.07) is 6.42. The lowest BCUT2D eigenvalue weighted by Crippen LogP contribution is -2.15. The van der Waals surface area contributed by atoms with Crippen LogP contribution in [0, 0.1) is 3.57 Å². The number of nitrogens with zero attached hydrogens (tertiary/aromatic N) is 1. The third-order valence-electron chi connectivity index (χ3n) is 2.28. The number of pyridine rings is 1. The zero-order valence-corrected chi connectivity index (χ0v) is 13.2. The number of halogens is 2. The molecule has 1 heterocycles. The molecule has 0 aliphatic heterocycles. The number of rotatable bonds is 3. The Morgan fingerprint density at radius 3 is 2.68 bits per heavy atom. The van der Waals surface area contributed by atoms with Crippen molar-refractivity contribution in [2.75, 3.05) is 10.5 Å². The zero-order chi connectivity index (χ0) is 14.0. The summed E-state index contributed by atoms with van der Waals surface area (Å²) in [7, 11) is -3.80. The van der Waals surface area contributed by atoms with E-state index in [1.807, 2.05) is 0 Å². The summed E-state index contributed by atoms with van der Waals surface area (Å²) in [6.45, 7) is 0. The molecule has 0 radical (unpaired) electrons. The second kappa shape index (κ2) is 5.51. The number of anilines is 2. The predicted octanol–water partition coefficient (Wildman–Crippen LogP) is 2.72. The molecule has 2 aromatic rings. The van der Waals surface area contributed by atoms with Crippen LogP contribution in [0.4, 0.5) is 11.4 Å². The fourth-order valence-electron chi connectivity index (χ4n) is 1.39. The molecule has 2 rings (SSSR count). The van der Waals surface area contributed by atoms with Gasteiger partial charge in [0.15, 0.2) is 0 Å². The van der Waals surface area contributed by atoms with Gasteiger partial charge >= 0.3 is 0 Å². The van der Waals surface area contributed by atoms with Crippen molar-refractivity contribution < 1.29 is 8.42 Å². The van der Waals surface area contributed by atoms with E-state index in [0.29, 0.717) is 10.7 Å². The van der Waals surface area contributed by atoms with Crippen molar-refractivity contribution in [2.24, 2.45) is 0 Å². The van der Waals surface area contributed by atoms with E-state index >= 15 is 0 Å². The first-order chi connectivity index (χ1) is 8.90. The van der Waals surface area contributed by atoms with Crippen LogP contribution in [-0.4, -0.2) is 13.4 Å². The summed E-state index contributed by atoms with van der Waals surface area (Å²) in [4.78, 5) is 3.68. The van der Waals surface area contributed by atoms with Crippen molar-refractivity contribution >= 4 is 55.6 Å². The molecule has 0 aliphatic rings. The van der Waals surface area contributed by atoms with Crippen molar-refractivity contribution in [1.29, 1.82) is 0 Å². The van der Waals surface area contributed by atoms with Crippen LogP contribution in [0.1, 0.15) is 0 Å². The van der Waals surface area contributed by atoms with Gasteiger partial charge in [0, 0.05) is 16.0 Å². The number of hydrogen-bond donors (Lipinski definition) is 2.